The van der Waals surface area contributed by atoms with E-state index in [1.54, 1.807) is 0 Å². The van der Waals surface area contributed by atoms with Crippen LogP contribution in [0, 0.1) is 0 Å². The highest BCUT2D eigenvalue weighted by atomic mass is 15.2. The van der Waals surface area contributed by atoms with Crippen molar-refractivity contribution in [1.82, 2.24) is 0 Å². The second kappa shape index (κ2) is 28.0. The number of benzene rings is 12. The Bertz CT molecular complexity index is 4390. The van der Waals surface area contributed by atoms with E-state index in [0.717, 1.165) is 58.3 Å². The average molecular weight is 1290 g/mol. The van der Waals surface area contributed by atoms with Crippen LogP contribution in [0.4, 0.5) is 68.2 Å². The van der Waals surface area contributed by atoms with Crippen LogP contribution in [0.3, 0.4) is 0 Å². The largest absolute Gasteiger partial charge is 0.310 e. The van der Waals surface area contributed by atoms with Crippen LogP contribution >= 0.6 is 0 Å². The molecule has 0 saturated carbocycles. The molecule has 3 aliphatic rings. The van der Waals surface area contributed by atoms with Crippen LogP contribution in [-0.2, 0) is 16.2 Å². The summed E-state index contributed by atoms with van der Waals surface area (Å²) in [5, 5.41) is 0. The van der Waals surface area contributed by atoms with Gasteiger partial charge in [-0.2, -0.15) is 0 Å². The van der Waals surface area contributed by atoms with Crippen molar-refractivity contribution in [2.45, 2.75) is 148 Å². The molecule has 0 unspecified atom stereocenters. The third-order valence-corrected chi connectivity index (χ3v) is 22.2. The van der Waals surface area contributed by atoms with Crippen LogP contribution in [0.5, 0.6) is 0 Å². The summed E-state index contributed by atoms with van der Waals surface area (Å²) in [7, 11) is 0. The summed E-state index contributed by atoms with van der Waals surface area (Å²) in [6.07, 6.45) is 17.3. The van der Waals surface area contributed by atoms with Crippen molar-refractivity contribution in [3.05, 3.63) is 325 Å². The highest BCUT2D eigenvalue weighted by molar-refractivity contribution is 5.93. The van der Waals surface area contributed by atoms with Gasteiger partial charge in [0.25, 0.3) is 0 Å². The number of anilines is 12. The van der Waals surface area contributed by atoms with Crippen molar-refractivity contribution in [2.75, 3.05) is 19.6 Å². The fraction of sp³-hybridized carbons (Fsp3) is 0.242. The lowest BCUT2D eigenvalue weighted by atomic mass is 9.70. The van der Waals surface area contributed by atoms with Gasteiger partial charge in [-0.1, -0.05) is 264 Å². The van der Waals surface area contributed by atoms with E-state index in [1.807, 2.05) is 0 Å². The van der Waals surface area contributed by atoms with Crippen LogP contribution in [0.2, 0.25) is 0 Å². The minimum Gasteiger partial charge on any atom is -0.310 e. The van der Waals surface area contributed by atoms with E-state index in [-0.39, 0.29) is 16.2 Å². The second-order valence-corrected chi connectivity index (χ2v) is 29.1. The smallest absolute Gasteiger partial charge is 0.0465 e. The monoisotopic (exact) mass is 1290 g/mol. The quantitative estimate of drug-likeness (QED) is 0.0501. The summed E-state index contributed by atoms with van der Waals surface area (Å²) < 4.78 is 0. The summed E-state index contributed by atoms with van der Waals surface area (Å²) in [5.41, 5.74) is 29.6. The lowest BCUT2D eigenvalue weighted by molar-refractivity contribution is 0.398. The number of hydrogen-bond acceptors (Lipinski definition) is 4. The molecule has 0 saturated heterocycles. The zero-order valence-corrected chi connectivity index (χ0v) is 58.9. The Kier molecular flexibility index (Phi) is 18.3. The Balaban J connectivity index is 0.832. The molecule has 4 nitrogen and oxygen atoms in total. The predicted molar refractivity (Wildman–Crippen MR) is 423 cm³/mol. The first-order chi connectivity index (χ1) is 48.6. The highest BCUT2D eigenvalue weighted by Crippen LogP contribution is 2.59. The third-order valence-electron chi connectivity index (χ3n) is 22.2. The average Bonchev–Trinajstić information content (AvgIpc) is 1.57. The van der Waals surface area contributed by atoms with Crippen molar-refractivity contribution in [3.63, 3.8) is 0 Å². The first-order valence-electron chi connectivity index (χ1n) is 36.9. The van der Waals surface area contributed by atoms with Gasteiger partial charge in [0.1, 0.15) is 0 Å². The van der Waals surface area contributed by atoms with E-state index in [9.17, 15) is 0 Å². The maximum absolute atomic E-state index is 2.65. The molecular formula is C95H94N4. The number of hydrogen-bond donors (Lipinski definition) is 0. The summed E-state index contributed by atoms with van der Waals surface area (Å²) in [6.45, 7) is 14.4. The Labute approximate surface area is 589 Å². The number of rotatable bonds is 26. The minimum atomic E-state index is -0.272. The van der Waals surface area contributed by atoms with Gasteiger partial charge in [-0.3, -0.25) is 0 Å². The molecule has 0 N–H and O–H groups in total. The molecule has 12 aromatic carbocycles. The van der Waals surface area contributed by atoms with Crippen LogP contribution in [0.25, 0.3) is 33.4 Å². The van der Waals surface area contributed by atoms with Crippen molar-refractivity contribution in [3.8, 4) is 33.4 Å². The van der Waals surface area contributed by atoms with E-state index in [2.05, 4.69) is 352 Å². The molecule has 494 valence electrons. The lowest BCUT2D eigenvalue weighted by Gasteiger charge is -2.35. The van der Waals surface area contributed by atoms with E-state index in [1.165, 1.54) is 167 Å². The van der Waals surface area contributed by atoms with Crippen LogP contribution in [-0.4, -0.2) is 0 Å². The molecule has 0 aliphatic heterocycles. The van der Waals surface area contributed by atoms with E-state index in [4.69, 9.17) is 0 Å². The molecule has 0 aromatic heterocycles. The van der Waals surface area contributed by atoms with Crippen molar-refractivity contribution >= 4 is 68.2 Å². The second-order valence-electron chi connectivity index (χ2n) is 29.1. The summed E-state index contributed by atoms with van der Waals surface area (Å²) in [6, 6.07) is 110. The maximum Gasteiger partial charge on any atom is 0.0465 e. The lowest BCUT2D eigenvalue weighted by Crippen LogP contribution is -2.26. The topological polar surface area (TPSA) is 13.0 Å². The molecule has 4 heteroatoms. The van der Waals surface area contributed by atoms with Gasteiger partial charge in [-0.05, 0) is 225 Å². The molecule has 0 spiro atoms. The Morgan fingerprint density at radius 1 is 0.202 bits per heavy atom. The highest BCUT2D eigenvalue weighted by Gasteiger charge is 2.44. The number of fused-ring (bicyclic) bond motifs is 9. The van der Waals surface area contributed by atoms with Gasteiger partial charge in [0.2, 0.25) is 0 Å². The normalized spacial score (nSPS) is 13.8. The van der Waals surface area contributed by atoms with Crippen molar-refractivity contribution in [1.29, 1.82) is 0 Å². The van der Waals surface area contributed by atoms with Gasteiger partial charge < -0.3 is 19.6 Å². The molecule has 0 atom stereocenters. The predicted octanol–water partition coefficient (Wildman–Crippen LogP) is 27.9. The van der Waals surface area contributed by atoms with Crippen molar-refractivity contribution in [2.24, 2.45) is 0 Å². The molecule has 99 heavy (non-hydrogen) atoms. The molecule has 0 bridgehead atoms. The van der Waals surface area contributed by atoms with Gasteiger partial charge in [-0.25, -0.2) is 0 Å². The van der Waals surface area contributed by atoms with E-state index < -0.39 is 0 Å². The summed E-state index contributed by atoms with van der Waals surface area (Å²) in [4.78, 5) is 9.90. The standard InChI is InChI=1S/C95H94N4/c1-7-9-11-13-15-35-61-95(62-36-16-14-12-10-8-2)91-67-79(98(73-45-31-21-32-46-73)77-51-57-83-81-55-49-75(63-87(81)93(3,4)89(83)65-77)96(69-37-23-17-24-38-69)70-39-25-18-26-40-70)53-59-85(91)86-60-54-80(68-92(86)95)99(74-47-33-22-34-48-74)78-52-58-84-82-56-50-76(64-88(82)94(5,6)90(84)66-78)97(71-41-27-19-28-42-71)72-43-29-20-30-44-72/h17-34,37-60,63-68H,7-16,35-36,61-62H2,1-6H3. The molecule has 12 aromatic rings. The molecule has 0 heterocycles. The summed E-state index contributed by atoms with van der Waals surface area (Å²) >= 11 is 0. The number of unbranched alkanes of at least 4 members (excludes halogenated alkanes) is 10. The Morgan fingerprint density at radius 2 is 0.394 bits per heavy atom. The molecule has 0 radical (unpaired) electrons. The van der Waals surface area contributed by atoms with Gasteiger partial charge in [-0.15, -0.1) is 0 Å². The van der Waals surface area contributed by atoms with Gasteiger partial charge in [0.05, 0.1) is 0 Å². The fourth-order valence-electron chi connectivity index (χ4n) is 17.1. The minimum absolute atomic E-state index is 0.212. The first-order valence-corrected chi connectivity index (χ1v) is 36.9. The molecule has 0 fully saturated rings. The Hall–Kier alpha value is -10.2. The first kappa shape index (κ1) is 64.8. The van der Waals surface area contributed by atoms with Crippen molar-refractivity contribution < 1.29 is 0 Å². The Morgan fingerprint density at radius 3 is 0.626 bits per heavy atom. The zero-order chi connectivity index (χ0) is 67.5. The fourth-order valence-corrected chi connectivity index (χ4v) is 17.1. The molecule has 15 rings (SSSR count). The van der Waals surface area contributed by atoms with E-state index >= 15 is 0 Å². The van der Waals surface area contributed by atoms with Gasteiger partial charge >= 0.3 is 0 Å². The maximum atomic E-state index is 2.65. The van der Waals surface area contributed by atoms with Crippen LogP contribution in [0.1, 0.15) is 165 Å². The van der Waals surface area contributed by atoms with Crippen LogP contribution in [0.15, 0.2) is 291 Å². The summed E-state index contributed by atoms with van der Waals surface area (Å²) in [5.74, 6) is 0. The molecule has 0 amide bonds. The number of para-hydroxylation sites is 6. The zero-order valence-electron chi connectivity index (χ0n) is 58.9. The molecular weight excluding hydrogens is 1200 g/mol. The van der Waals surface area contributed by atoms with Gasteiger partial charge in [0.15, 0.2) is 0 Å². The third kappa shape index (κ3) is 12.3. The SMILES string of the molecule is CCCCCCCCC1(CCCCCCCC)c2cc(N(c3ccccc3)c3ccc4c(c3)C(C)(C)c3cc(N(c5ccccc5)c5ccccc5)ccc3-4)ccc2-c2ccc(N(c3ccccc3)c3ccc4c(c3)C(C)(C)c3cc(N(c5ccccc5)c5ccccc5)ccc3-4)cc21. The van der Waals surface area contributed by atoms with Crippen LogP contribution < -0.4 is 19.6 Å². The van der Waals surface area contributed by atoms with E-state index in [0.29, 0.717) is 0 Å². The molecule has 3 aliphatic carbocycles. The number of nitrogens with zero attached hydrogens (tertiary/aromatic N) is 4. The van der Waals surface area contributed by atoms with Gasteiger partial charge in [0, 0.05) is 84.5 Å².